The van der Waals surface area contributed by atoms with Crippen LogP contribution in [0, 0.1) is 5.92 Å². The molecule has 0 N–H and O–H groups in total. The van der Waals surface area contributed by atoms with Crippen molar-refractivity contribution in [2.75, 3.05) is 30.6 Å². The van der Waals surface area contributed by atoms with Crippen LogP contribution in [0.15, 0.2) is 24.4 Å². The van der Waals surface area contributed by atoms with Crippen LogP contribution >= 0.6 is 11.6 Å². The average Bonchev–Trinajstić information content (AvgIpc) is 2.49. The van der Waals surface area contributed by atoms with Gasteiger partial charge in [0.25, 0.3) is 0 Å². The molecule has 2 atom stereocenters. The van der Waals surface area contributed by atoms with Crippen molar-refractivity contribution in [1.82, 2.24) is 4.98 Å². The minimum Gasteiger partial charge on any atom is -0.496 e. The summed E-state index contributed by atoms with van der Waals surface area (Å²) in [5, 5.41) is 2.28. The number of rotatable bonds is 4. The number of anilines is 1. The number of ether oxygens (including phenoxy) is 1. The second-order valence-electron chi connectivity index (χ2n) is 6.09. The first-order valence-corrected chi connectivity index (χ1v) is 9.80. The lowest BCUT2D eigenvalue weighted by Gasteiger charge is -2.48. The van der Waals surface area contributed by atoms with Gasteiger partial charge in [-0.05, 0) is 25.1 Å². The van der Waals surface area contributed by atoms with Gasteiger partial charge in [0, 0.05) is 47.4 Å². The maximum absolute atomic E-state index is 11.5. The lowest BCUT2D eigenvalue weighted by molar-refractivity contribution is 0.342. The van der Waals surface area contributed by atoms with E-state index in [1.165, 1.54) is 6.26 Å². The molecule has 0 spiro atoms. The van der Waals surface area contributed by atoms with Crippen molar-refractivity contribution in [3.05, 3.63) is 29.5 Å². The van der Waals surface area contributed by atoms with Gasteiger partial charge < -0.3 is 9.64 Å². The molecule has 5 nitrogen and oxygen atoms in total. The van der Waals surface area contributed by atoms with Gasteiger partial charge in [-0.15, -0.1) is 0 Å². The fraction of sp³-hybridized carbons (Fsp3) is 0.438. The predicted molar refractivity (Wildman–Crippen MR) is 93.3 cm³/mol. The van der Waals surface area contributed by atoms with E-state index in [0.717, 1.165) is 28.8 Å². The van der Waals surface area contributed by atoms with Crippen LogP contribution in [-0.4, -0.2) is 45.1 Å². The first kappa shape index (κ1) is 16.3. The normalized spacial score (nSPS) is 21.3. The monoisotopic (exact) mass is 354 g/mol. The van der Waals surface area contributed by atoms with Crippen LogP contribution in [0.4, 0.5) is 5.69 Å². The Bertz CT molecular complexity index is 854. The van der Waals surface area contributed by atoms with Crippen molar-refractivity contribution in [3.63, 3.8) is 0 Å². The smallest absolute Gasteiger partial charge is 0.147 e. The van der Waals surface area contributed by atoms with E-state index in [2.05, 4.69) is 16.8 Å². The summed E-state index contributed by atoms with van der Waals surface area (Å²) < 4.78 is 28.4. The highest BCUT2D eigenvalue weighted by atomic mass is 35.5. The van der Waals surface area contributed by atoms with Crippen molar-refractivity contribution in [1.29, 1.82) is 0 Å². The van der Waals surface area contributed by atoms with Crippen molar-refractivity contribution >= 4 is 37.9 Å². The summed E-state index contributed by atoms with van der Waals surface area (Å²) in [5.74, 6) is 1.12. The third kappa shape index (κ3) is 3.10. The molecule has 2 heterocycles. The summed E-state index contributed by atoms with van der Waals surface area (Å²) in [6.07, 6.45) is 3.03. The number of fused-ring (bicyclic) bond motifs is 1. The highest BCUT2D eigenvalue weighted by molar-refractivity contribution is 7.90. The van der Waals surface area contributed by atoms with E-state index in [4.69, 9.17) is 16.3 Å². The largest absolute Gasteiger partial charge is 0.496 e. The van der Waals surface area contributed by atoms with E-state index in [0.29, 0.717) is 5.15 Å². The summed E-state index contributed by atoms with van der Waals surface area (Å²) in [6.45, 7) is 2.77. The maximum Gasteiger partial charge on any atom is 0.147 e. The summed E-state index contributed by atoms with van der Waals surface area (Å²) in [4.78, 5) is 6.38. The number of aromatic nitrogens is 1. The summed E-state index contributed by atoms with van der Waals surface area (Å²) >= 11 is 6.00. The number of hydrogen-bond acceptors (Lipinski definition) is 5. The molecule has 0 unspecified atom stereocenters. The molecule has 0 saturated carbocycles. The van der Waals surface area contributed by atoms with Crippen LogP contribution in [0.3, 0.4) is 0 Å². The second-order valence-corrected chi connectivity index (χ2v) is 8.66. The zero-order chi connectivity index (χ0) is 16.8. The zero-order valence-electron chi connectivity index (χ0n) is 13.3. The number of sulfone groups is 1. The fourth-order valence-electron chi connectivity index (χ4n) is 3.19. The van der Waals surface area contributed by atoms with Crippen LogP contribution in [0.1, 0.15) is 6.92 Å². The van der Waals surface area contributed by atoms with E-state index in [9.17, 15) is 8.42 Å². The van der Waals surface area contributed by atoms with Gasteiger partial charge in [-0.1, -0.05) is 11.6 Å². The number of hydrogen-bond donors (Lipinski definition) is 0. The van der Waals surface area contributed by atoms with Gasteiger partial charge in [0.15, 0.2) is 0 Å². The summed E-state index contributed by atoms with van der Waals surface area (Å²) in [6, 6.07) is 5.85. The van der Waals surface area contributed by atoms with Crippen LogP contribution < -0.4 is 9.64 Å². The van der Waals surface area contributed by atoms with Crippen molar-refractivity contribution in [2.45, 2.75) is 13.0 Å². The fourth-order valence-corrected chi connectivity index (χ4v) is 4.51. The van der Waals surface area contributed by atoms with Crippen LogP contribution in [0.25, 0.3) is 10.8 Å². The summed E-state index contributed by atoms with van der Waals surface area (Å²) in [5.41, 5.74) is 1.03. The molecule has 0 aliphatic carbocycles. The average molecular weight is 355 g/mol. The molecule has 0 bridgehead atoms. The van der Waals surface area contributed by atoms with Crippen LogP contribution in [-0.2, 0) is 9.84 Å². The molecular weight excluding hydrogens is 336 g/mol. The Labute approximate surface area is 141 Å². The zero-order valence-corrected chi connectivity index (χ0v) is 14.9. The van der Waals surface area contributed by atoms with E-state index in [1.54, 1.807) is 19.4 Å². The molecule has 1 aliphatic heterocycles. The van der Waals surface area contributed by atoms with E-state index >= 15 is 0 Å². The van der Waals surface area contributed by atoms with Gasteiger partial charge in [-0.2, -0.15) is 0 Å². The van der Waals surface area contributed by atoms with Gasteiger partial charge in [0.1, 0.15) is 20.7 Å². The lowest BCUT2D eigenvalue weighted by Crippen LogP contribution is -2.57. The molecule has 124 valence electrons. The highest BCUT2D eigenvalue weighted by Crippen LogP contribution is 2.39. The van der Waals surface area contributed by atoms with E-state index in [-0.39, 0.29) is 17.7 Å². The highest BCUT2D eigenvalue weighted by Gasteiger charge is 2.38. The first-order chi connectivity index (χ1) is 10.8. The van der Waals surface area contributed by atoms with Crippen LogP contribution in [0.5, 0.6) is 5.75 Å². The quantitative estimate of drug-likeness (QED) is 0.790. The topological polar surface area (TPSA) is 59.5 Å². The minimum absolute atomic E-state index is 0.155. The summed E-state index contributed by atoms with van der Waals surface area (Å²) in [7, 11) is -1.34. The molecule has 7 heteroatoms. The van der Waals surface area contributed by atoms with Crippen molar-refractivity contribution < 1.29 is 13.2 Å². The molecule has 23 heavy (non-hydrogen) atoms. The third-order valence-electron chi connectivity index (χ3n) is 4.46. The number of halogens is 1. The lowest BCUT2D eigenvalue weighted by atomic mass is 9.90. The Balaban J connectivity index is 1.96. The molecule has 0 amide bonds. The molecule has 1 aromatic heterocycles. The molecule has 1 fully saturated rings. The Kier molecular flexibility index (Phi) is 4.14. The number of benzene rings is 1. The second kappa shape index (κ2) is 5.83. The number of methoxy groups -OCH3 is 1. The Morgan fingerprint density at radius 1 is 1.39 bits per heavy atom. The van der Waals surface area contributed by atoms with E-state index in [1.807, 2.05) is 12.1 Å². The SMILES string of the molecule is COc1ccc(N2C[C@H](CS(C)(=O)=O)[C@H]2C)c2cnc(Cl)cc12. The van der Waals surface area contributed by atoms with Crippen molar-refractivity contribution in [2.24, 2.45) is 5.92 Å². The Morgan fingerprint density at radius 3 is 2.74 bits per heavy atom. The molecule has 1 aromatic carbocycles. The molecule has 1 saturated heterocycles. The van der Waals surface area contributed by atoms with Gasteiger partial charge >= 0.3 is 0 Å². The van der Waals surface area contributed by atoms with Crippen LogP contribution in [0.2, 0.25) is 5.15 Å². The maximum atomic E-state index is 11.5. The first-order valence-electron chi connectivity index (χ1n) is 7.37. The standard InChI is InChI=1S/C16H19ClN2O3S/c1-10-11(9-23(3,20)21)8-19(10)14-4-5-15(22-2)12-6-16(17)18-7-13(12)14/h4-7,10-11H,8-9H2,1-3H3/t10-,11-/m1/s1. The Hall–Kier alpha value is -1.53. The molecule has 2 aromatic rings. The predicted octanol–water partition coefficient (Wildman–Crippen LogP) is 2.77. The van der Waals surface area contributed by atoms with Gasteiger partial charge in [0.2, 0.25) is 0 Å². The minimum atomic E-state index is -2.96. The molecular formula is C16H19ClN2O3S. The van der Waals surface area contributed by atoms with Gasteiger partial charge in [-0.3, -0.25) is 0 Å². The van der Waals surface area contributed by atoms with Crippen molar-refractivity contribution in [3.8, 4) is 5.75 Å². The third-order valence-corrected chi connectivity index (χ3v) is 5.70. The Morgan fingerprint density at radius 2 is 2.13 bits per heavy atom. The molecule has 3 rings (SSSR count). The van der Waals surface area contributed by atoms with Gasteiger partial charge in [0.05, 0.1) is 12.9 Å². The number of pyridine rings is 1. The van der Waals surface area contributed by atoms with Gasteiger partial charge in [-0.25, -0.2) is 13.4 Å². The number of nitrogens with zero attached hydrogens (tertiary/aromatic N) is 2. The van der Waals surface area contributed by atoms with E-state index < -0.39 is 9.84 Å². The molecule has 1 aliphatic rings. The molecule has 0 radical (unpaired) electrons.